The molecule has 4 saturated heterocycles. The van der Waals surface area contributed by atoms with Crippen LogP contribution in [0.5, 0.6) is 0 Å². The molecule has 4 fully saturated rings. The number of carbonyl (C=O) groups excluding carboxylic acids is 1. The summed E-state index contributed by atoms with van der Waals surface area (Å²) in [5.74, 6) is 0.590. The van der Waals surface area contributed by atoms with E-state index < -0.39 is 0 Å². The molecule has 142 valence electrons. The van der Waals surface area contributed by atoms with Crippen LogP contribution in [0.2, 0.25) is 0 Å². The number of nitrogens with zero attached hydrogens (tertiary/aromatic N) is 5. The smallest absolute Gasteiger partial charge is 0.222 e. The lowest BCUT2D eigenvalue weighted by molar-refractivity contribution is -0.124. The Balaban J connectivity index is 1.40. The molecule has 1 aromatic carbocycles. The van der Waals surface area contributed by atoms with Crippen molar-refractivity contribution < 1.29 is 4.79 Å². The van der Waals surface area contributed by atoms with E-state index in [4.69, 9.17) is 0 Å². The number of rotatable bonds is 5. The van der Waals surface area contributed by atoms with Crippen LogP contribution in [-0.2, 0) is 16.8 Å². The number of benzene rings is 1. The summed E-state index contributed by atoms with van der Waals surface area (Å²) in [7, 11) is 0. The minimum absolute atomic E-state index is 0.0260. The van der Waals surface area contributed by atoms with Gasteiger partial charge in [0.15, 0.2) is 0 Å². The third-order valence-corrected chi connectivity index (χ3v) is 6.50. The molecule has 27 heavy (non-hydrogen) atoms. The van der Waals surface area contributed by atoms with Crippen LogP contribution in [0.4, 0.5) is 0 Å². The molecule has 4 bridgehead atoms. The van der Waals surface area contributed by atoms with Gasteiger partial charge < -0.3 is 15.1 Å². The highest BCUT2D eigenvalue weighted by molar-refractivity contribution is 5.76. The number of piperidine rings is 2. The zero-order chi connectivity index (χ0) is 18.3. The zero-order valence-electron chi connectivity index (χ0n) is 15.5. The van der Waals surface area contributed by atoms with Gasteiger partial charge in [-0.25, -0.2) is 4.98 Å². The van der Waals surface area contributed by atoms with Gasteiger partial charge in [0.25, 0.3) is 0 Å². The molecule has 0 aliphatic carbocycles. The highest BCUT2D eigenvalue weighted by Crippen LogP contribution is 2.43. The Labute approximate surface area is 159 Å². The Morgan fingerprint density at radius 2 is 1.89 bits per heavy atom. The fourth-order valence-electron chi connectivity index (χ4n) is 5.38. The zero-order valence-corrected chi connectivity index (χ0v) is 15.5. The van der Waals surface area contributed by atoms with Crippen molar-refractivity contribution in [2.75, 3.05) is 39.3 Å². The van der Waals surface area contributed by atoms with Crippen molar-refractivity contribution in [3.8, 4) is 0 Å². The van der Waals surface area contributed by atoms with Gasteiger partial charge in [-0.3, -0.25) is 9.48 Å². The van der Waals surface area contributed by atoms with Crippen LogP contribution in [0.15, 0.2) is 43.0 Å². The first-order valence-electron chi connectivity index (χ1n) is 9.85. The number of aromatic nitrogens is 3. The van der Waals surface area contributed by atoms with Gasteiger partial charge >= 0.3 is 0 Å². The van der Waals surface area contributed by atoms with Gasteiger partial charge in [-0.2, -0.15) is 5.10 Å². The first-order chi connectivity index (χ1) is 13.2. The Hall–Kier alpha value is -2.25. The van der Waals surface area contributed by atoms with Gasteiger partial charge in [0.05, 0.1) is 6.54 Å². The van der Waals surface area contributed by atoms with Gasteiger partial charge in [0, 0.05) is 63.1 Å². The summed E-state index contributed by atoms with van der Waals surface area (Å²) in [4.78, 5) is 21.9. The molecule has 0 saturated carbocycles. The summed E-state index contributed by atoms with van der Waals surface area (Å²) in [5, 5.41) is 7.53. The average molecular weight is 366 g/mol. The Morgan fingerprint density at radius 1 is 1.15 bits per heavy atom. The van der Waals surface area contributed by atoms with E-state index in [0.29, 0.717) is 18.9 Å². The van der Waals surface area contributed by atoms with Crippen LogP contribution < -0.4 is 5.32 Å². The summed E-state index contributed by atoms with van der Waals surface area (Å²) in [6, 6.07) is 11.0. The molecule has 0 radical (unpaired) electrons. The van der Waals surface area contributed by atoms with E-state index in [0.717, 1.165) is 39.3 Å². The lowest BCUT2D eigenvalue weighted by atomic mass is 9.64. The minimum atomic E-state index is -0.0260. The molecule has 6 rings (SSSR count). The van der Waals surface area contributed by atoms with Gasteiger partial charge in [-0.15, -0.1) is 0 Å². The van der Waals surface area contributed by atoms with Crippen LogP contribution in [0.3, 0.4) is 0 Å². The van der Waals surface area contributed by atoms with Gasteiger partial charge in [-0.1, -0.05) is 30.3 Å². The molecule has 1 N–H and O–H groups in total. The van der Waals surface area contributed by atoms with Crippen LogP contribution in [0.25, 0.3) is 0 Å². The van der Waals surface area contributed by atoms with Crippen LogP contribution in [0.1, 0.15) is 12.0 Å². The number of hydrogen-bond acceptors (Lipinski definition) is 5. The van der Waals surface area contributed by atoms with Gasteiger partial charge in [0.1, 0.15) is 12.7 Å². The molecule has 4 aliphatic heterocycles. The van der Waals surface area contributed by atoms with Crippen LogP contribution in [-0.4, -0.2) is 75.8 Å². The highest BCUT2D eigenvalue weighted by Gasteiger charge is 2.55. The number of hydrogen-bond donors (Lipinski definition) is 1. The molecule has 7 heteroatoms. The van der Waals surface area contributed by atoms with E-state index in [-0.39, 0.29) is 17.4 Å². The molecule has 4 aliphatic rings. The maximum atomic E-state index is 12.8. The number of aryl methyl sites for hydroxylation is 1. The number of amides is 1. The Kier molecular flexibility index (Phi) is 4.21. The number of carbonyl (C=O) groups is 1. The van der Waals surface area contributed by atoms with Crippen molar-refractivity contribution in [1.29, 1.82) is 0 Å². The molecular weight excluding hydrogens is 340 g/mol. The third-order valence-electron chi connectivity index (χ3n) is 6.50. The summed E-state index contributed by atoms with van der Waals surface area (Å²) in [6.45, 7) is 7.06. The van der Waals surface area contributed by atoms with E-state index in [1.54, 1.807) is 11.0 Å². The van der Waals surface area contributed by atoms with Gasteiger partial charge in [-0.05, 0) is 5.56 Å². The van der Waals surface area contributed by atoms with E-state index in [2.05, 4.69) is 55.5 Å². The monoisotopic (exact) mass is 366 g/mol. The fourth-order valence-corrected chi connectivity index (χ4v) is 5.38. The molecule has 5 heterocycles. The quantitative estimate of drug-likeness (QED) is 0.827. The average Bonchev–Trinajstić information content (AvgIpc) is 3.08. The molecule has 1 aromatic heterocycles. The number of nitrogens with one attached hydrogen (secondary N) is 1. The lowest BCUT2D eigenvalue weighted by Gasteiger charge is -2.55. The van der Waals surface area contributed by atoms with Crippen molar-refractivity contribution in [2.24, 2.45) is 5.92 Å². The van der Waals surface area contributed by atoms with Crippen LogP contribution >= 0.6 is 0 Å². The molecule has 0 spiro atoms. The fraction of sp³-hybridized carbons (Fsp3) is 0.550. The molecular formula is C20H26N6O. The molecule has 1 amide bonds. The maximum Gasteiger partial charge on any atom is 0.222 e. The molecule has 2 aromatic rings. The predicted molar refractivity (Wildman–Crippen MR) is 101 cm³/mol. The normalized spacial score (nSPS) is 34.4. The summed E-state index contributed by atoms with van der Waals surface area (Å²) < 4.78 is 1.71. The SMILES string of the molecule is O=C(CCn1cncn1)N[C@@H]1C2CN3CCN(C2)CC1(c1ccccc1)C3. The standard InChI is InChI=1S/C20H26N6O/c27-18(6-7-26-15-21-14-22-26)23-19-16-10-24-8-9-25(11-16)13-20(19,12-24)17-4-2-1-3-5-17/h1-5,14-16,19H,6-13H2,(H,23,27)/t16?,19-,20?/m1/s1. The van der Waals surface area contributed by atoms with Crippen molar-refractivity contribution in [2.45, 2.75) is 24.4 Å². The topological polar surface area (TPSA) is 66.3 Å². The van der Waals surface area contributed by atoms with Crippen molar-refractivity contribution >= 4 is 5.91 Å². The summed E-state index contributed by atoms with van der Waals surface area (Å²) in [6.07, 6.45) is 3.60. The highest BCUT2D eigenvalue weighted by atomic mass is 16.1. The minimum Gasteiger partial charge on any atom is -0.352 e. The van der Waals surface area contributed by atoms with Gasteiger partial charge in [0.2, 0.25) is 5.91 Å². The second-order valence-corrected chi connectivity index (χ2v) is 8.21. The largest absolute Gasteiger partial charge is 0.352 e. The van der Waals surface area contributed by atoms with E-state index in [9.17, 15) is 4.79 Å². The Bertz CT molecular complexity index is 776. The lowest BCUT2D eigenvalue weighted by Crippen LogP contribution is -2.70. The van der Waals surface area contributed by atoms with Crippen molar-refractivity contribution in [3.05, 3.63) is 48.5 Å². The second kappa shape index (κ2) is 6.73. The second-order valence-electron chi connectivity index (χ2n) is 8.21. The predicted octanol–water partition coefficient (Wildman–Crippen LogP) is 0.352. The van der Waals surface area contributed by atoms with E-state index >= 15 is 0 Å². The first-order valence-corrected chi connectivity index (χ1v) is 9.85. The van der Waals surface area contributed by atoms with Crippen molar-refractivity contribution in [3.63, 3.8) is 0 Å². The summed E-state index contributed by atoms with van der Waals surface area (Å²) >= 11 is 0. The maximum absolute atomic E-state index is 12.8. The third kappa shape index (κ3) is 3.04. The van der Waals surface area contributed by atoms with E-state index in [1.165, 1.54) is 11.9 Å². The van der Waals surface area contributed by atoms with Crippen molar-refractivity contribution in [1.82, 2.24) is 29.9 Å². The van der Waals surface area contributed by atoms with E-state index in [1.807, 2.05) is 0 Å². The van der Waals surface area contributed by atoms with Crippen LogP contribution in [0, 0.1) is 5.92 Å². The number of fused-ring (bicyclic) bond motifs is 1. The summed E-state index contributed by atoms with van der Waals surface area (Å²) in [5.41, 5.74) is 1.33. The Morgan fingerprint density at radius 3 is 2.56 bits per heavy atom. The molecule has 3 atom stereocenters. The first kappa shape index (κ1) is 16.9. The molecule has 2 unspecified atom stereocenters. The molecule has 7 nitrogen and oxygen atoms in total.